The van der Waals surface area contributed by atoms with E-state index in [0.717, 1.165) is 0 Å². The molecule has 0 fully saturated rings. The molecule has 0 atom stereocenters. The van der Waals surface area contributed by atoms with Crippen LogP contribution in [-0.4, -0.2) is 13.0 Å². The molecule has 0 aliphatic rings. The molecule has 0 heterocycles. The normalized spacial score (nSPS) is 8.38. The predicted molar refractivity (Wildman–Crippen MR) is 28.4 cm³/mol. The molecule has 0 saturated heterocycles. The lowest BCUT2D eigenvalue weighted by molar-refractivity contribution is 0.546. The largest absolute Gasteiger partial charge is 0.344 e. The van der Waals surface area contributed by atoms with Crippen LogP contribution in [0.25, 0.3) is 0 Å². The molecule has 0 aromatic rings. The molecular weight excluding hydrogens is 104 g/mol. The minimum absolute atomic E-state index is 0.372. The number of carbonyl (C=O) groups excluding carboxylic acids is 1. The lowest BCUT2D eigenvalue weighted by atomic mass is 10.5. The lowest BCUT2D eigenvalue weighted by Crippen LogP contribution is -2.08. The van der Waals surface area contributed by atoms with Crippen molar-refractivity contribution < 1.29 is 4.79 Å². The van der Waals surface area contributed by atoms with Gasteiger partial charge in [0.1, 0.15) is 0 Å². The fourth-order valence-corrected chi connectivity index (χ4v) is 0.212. The number of allylic oxidation sites excluding steroid dienone is 1. The van der Waals surface area contributed by atoms with Crippen LogP contribution in [0.3, 0.4) is 0 Å². The minimum atomic E-state index is 0.372. The van der Waals surface area contributed by atoms with Gasteiger partial charge in [-0.25, -0.2) is 0 Å². The highest BCUT2D eigenvalue weighted by Gasteiger charge is 1.70. The molecule has 41 valence electrons. The molecule has 3 nitrogen and oxygen atoms in total. The highest BCUT2D eigenvalue weighted by Crippen LogP contribution is 1.62. The molecule has 0 aliphatic heterocycles. The highest BCUT2D eigenvalue weighted by molar-refractivity contribution is 5.47. The molecule has 1 N–H and O–H groups in total. The summed E-state index contributed by atoms with van der Waals surface area (Å²) in [5.74, 6) is 0. The van der Waals surface area contributed by atoms with E-state index in [9.17, 15) is 4.79 Å². The van der Waals surface area contributed by atoms with Gasteiger partial charge in [0.2, 0.25) is 0 Å². The monoisotopic (exact) mass is 109 g/mol. The van der Waals surface area contributed by atoms with Crippen molar-refractivity contribution in [1.29, 1.82) is 5.26 Å². The lowest BCUT2D eigenvalue weighted by Gasteiger charge is -1.81. The first kappa shape index (κ1) is 6.70. The fraction of sp³-hybridized carbons (Fsp3) is 0.200. The summed E-state index contributed by atoms with van der Waals surface area (Å²) in [4.78, 5) is 9.42. The Morgan fingerprint density at radius 1 is 1.75 bits per heavy atom. The van der Waals surface area contributed by atoms with Crippen molar-refractivity contribution in [3.8, 4) is 6.07 Å². The third-order valence-corrected chi connectivity index (χ3v) is 0.484. The number of hydrogen-bond donors (Lipinski definition) is 1. The van der Waals surface area contributed by atoms with E-state index in [4.69, 9.17) is 5.26 Å². The maximum Gasteiger partial charge on any atom is 0.309 e. The summed E-state index contributed by atoms with van der Waals surface area (Å²) in [7, 11) is 0. The van der Waals surface area contributed by atoms with Crippen LogP contribution in [0.4, 0.5) is 0 Å². The molecule has 3 heteroatoms. The van der Waals surface area contributed by atoms with Crippen molar-refractivity contribution in [2.45, 2.75) is 0 Å². The SMILES string of the molecule is N#C/C=C/CN[C]=O. The van der Waals surface area contributed by atoms with Crippen LogP contribution in [0, 0.1) is 11.3 Å². The topological polar surface area (TPSA) is 52.9 Å². The minimum Gasteiger partial charge on any atom is -0.344 e. The fourth-order valence-electron chi connectivity index (χ4n) is 0.212. The Morgan fingerprint density at radius 3 is 3.00 bits per heavy atom. The van der Waals surface area contributed by atoms with Crippen LogP contribution in [-0.2, 0) is 4.79 Å². The van der Waals surface area contributed by atoms with E-state index in [2.05, 4.69) is 5.32 Å². The van der Waals surface area contributed by atoms with Crippen molar-refractivity contribution in [1.82, 2.24) is 5.32 Å². The van der Waals surface area contributed by atoms with Gasteiger partial charge in [-0.15, -0.1) is 0 Å². The molecular formula is C5H5N2O. The van der Waals surface area contributed by atoms with E-state index in [1.165, 1.54) is 18.6 Å². The van der Waals surface area contributed by atoms with Crippen molar-refractivity contribution in [3.63, 3.8) is 0 Å². The Balaban J connectivity index is 3.06. The summed E-state index contributed by atoms with van der Waals surface area (Å²) in [5.41, 5.74) is 0. The van der Waals surface area contributed by atoms with E-state index in [0.29, 0.717) is 6.54 Å². The van der Waals surface area contributed by atoms with Crippen LogP contribution in [0.5, 0.6) is 0 Å². The average molecular weight is 109 g/mol. The highest BCUT2D eigenvalue weighted by atomic mass is 16.1. The van der Waals surface area contributed by atoms with E-state index in [1.54, 1.807) is 6.07 Å². The number of rotatable bonds is 3. The second-order valence-corrected chi connectivity index (χ2v) is 1.01. The van der Waals surface area contributed by atoms with Gasteiger partial charge in [-0.3, -0.25) is 4.79 Å². The molecule has 0 aromatic heterocycles. The van der Waals surface area contributed by atoms with Crippen LogP contribution < -0.4 is 5.32 Å². The predicted octanol–water partition coefficient (Wildman–Crippen LogP) is -0.277. The molecule has 0 saturated carbocycles. The zero-order chi connectivity index (χ0) is 6.24. The van der Waals surface area contributed by atoms with Crippen molar-refractivity contribution in [3.05, 3.63) is 12.2 Å². The van der Waals surface area contributed by atoms with Crippen molar-refractivity contribution >= 4 is 6.41 Å². The van der Waals surface area contributed by atoms with Gasteiger partial charge in [0.15, 0.2) is 0 Å². The quantitative estimate of drug-likeness (QED) is 0.308. The third-order valence-electron chi connectivity index (χ3n) is 0.484. The Kier molecular flexibility index (Phi) is 4.77. The molecule has 8 heavy (non-hydrogen) atoms. The summed E-state index contributed by atoms with van der Waals surface area (Å²) < 4.78 is 0. The zero-order valence-corrected chi connectivity index (χ0v) is 4.22. The number of hydrogen-bond acceptors (Lipinski definition) is 2. The molecule has 0 unspecified atom stereocenters. The number of nitrogens with zero attached hydrogens (tertiary/aromatic N) is 1. The Hall–Kier alpha value is -1.30. The van der Waals surface area contributed by atoms with Gasteiger partial charge in [0.25, 0.3) is 0 Å². The van der Waals surface area contributed by atoms with Crippen molar-refractivity contribution in [2.75, 3.05) is 6.54 Å². The van der Waals surface area contributed by atoms with Gasteiger partial charge in [0.05, 0.1) is 6.07 Å². The van der Waals surface area contributed by atoms with Gasteiger partial charge in [0, 0.05) is 12.6 Å². The molecule has 1 radical (unpaired) electrons. The Labute approximate surface area is 47.6 Å². The molecule has 0 rings (SSSR count). The summed E-state index contributed by atoms with van der Waals surface area (Å²) >= 11 is 0. The summed E-state index contributed by atoms with van der Waals surface area (Å²) in [6, 6.07) is 1.78. The smallest absolute Gasteiger partial charge is 0.309 e. The van der Waals surface area contributed by atoms with Crippen LogP contribution in [0.2, 0.25) is 0 Å². The second-order valence-electron chi connectivity index (χ2n) is 1.01. The molecule has 0 spiro atoms. The van der Waals surface area contributed by atoms with Crippen LogP contribution in [0.15, 0.2) is 12.2 Å². The van der Waals surface area contributed by atoms with E-state index in [1.807, 2.05) is 0 Å². The standard InChI is InChI=1S/C5H5N2O/c6-3-1-2-4-7-5-8/h1-2H,4H2,(H,7,8)/b2-1+. The third kappa shape index (κ3) is 4.70. The molecule has 0 bridgehead atoms. The van der Waals surface area contributed by atoms with Gasteiger partial charge in [-0.1, -0.05) is 6.08 Å². The van der Waals surface area contributed by atoms with E-state index in [-0.39, 0.29) is 0 Å². The molecule has 1 amide bonds. The van der Waals surface area contributed by atoms with Crippen LogP contribution in [0.1, 0.15) is 0 Å². The molecule has 0 aliphatic carbocycles. The maximum atomic E-state index is 9.42. The van der Waals surface area contributed by atoms with Gasteiger partial charge in [-0.2, -0.15) is 5.26 Å². The number of nitrogens with one attached hydrogen (secondary N) is 1. The second kappa shape index (κ2) is 5.70. The van der Waals surface area contributed by atoms with Crippen molar-refractivity contribution in [2.24, 2.45) is 0 Å². The maximum absolute atomic E-state index is 9.42. The summed E-state index contributed by atoms with van der Waals surface area (Å²) in [6.45, 7) is 0.372. The van der Waals surface area contributed by atoms with E-state index >= 15 is 0 Å². The molecule has 0 aromatic carbocycles. The number of amides is 1. The summed E-state index contributed by atoms with van der Waals surface area (Å²) in [6.07, 6.45) is 4.29. The van der Waals surface area contributed by atoms with E-state index < -0.39 is 0 Å². The number of nitriles is 1. The summed E-state index contributed by atoms with van der Waals surface area (Å²) in [5, 5.41) is 10.1. The van der Waals surface area contributed by atoms with Gasteiger partial charge < -0.3 is 5.32 Å². The Morgan fingerprint density at radius 2 is 2.50 bits per heavy atom. The zero-order valence-electron chi connectivity index (χ0n) is 4.22. The average Bonchev–Trinajstić information content (AvgIpc) is 1.81. The van der Waals surface area contributed by atoms with Gasteiger partial charge >= 0.3 is 6.41 Å². The van der Waals surface area contributed by atoms with Gasteiger partial charge in [-0.05, 0) is 0 Å². The first-order valence-corrected chi connectivity index (χ1v) is 2.06. The van der Waals surface area contributed by atoms with Crippen LogP contribution >= 0.6 is 0 Å². The Bertz CT molecular complexity index is 123. The first-order chi connectivity index (χ1) is 3.91. The first-order valence-electron chi connectivity index (χ1n) is 2.06.